The van der Waals surface area contributed by atoms with Gasteiger partial charge >= 0.3 is 0 Å². The summed E-state index contributed by atoms with van der Waals surface area (Å²) < 4.78 is 5.48. The van der Waals surface area contributed by atoms with Gasteiger partial charge in [0, 0.05) is 29.1 Å². The third kappa shape index (κ3) is 3.68. The number of nitrogens with zero attached hydrogens (tertiary/aromatic N) is 2. The Balaban J connectivity index is 0.00000256. The van der Waals surface area contributed by atoms with E-state index in [-0.39, 0.29) is 23.7 Å². The Morgan fingerprint density at radius 3 is 2.53 bits per heavy atom. The molecule has 0 saturated heterocycles. The highest BCUT2D eigenvalue weighted by Crippen LogP contribution is 2.53. The Morgan fingerprint density at radius 1 is 1.10 bits per heavy atom. The van der Waals surface area contributed by atoms with Crippen molar-refractivity contribution in [1.82, 2.24) is 9.88 Å². The summed E-state index contributed by atoms with van der Waals surface area (Å²) in [4.78, 5) is 7.15. The lowest BCUT2D eigenvalue weighted by Crippen LogP contribution is -2.53. The van der Waals surface area contributed by atoms with Crippen molar-refractivity contribution in [3.05, 3.63) is 71.4 Å². The largest absolute Gasteiger partial charge is 0.497 e. The Bertz CT molecular complexity index is 1050. The third-order valence-electron chi connectivity index (χ3n) is 6.34. The van der Waals surface area contributed by atoms with Gasteiger partial charge in [0.1, 0.15) is 11.4 Å². The van der Waals surface area contributed by atoms with E-state index in [9.17, 15) is 5.11 Å². The van der Waals surface area contributed by atoms with Crippen molar-refractivity contribution in [2.24, 2.45) is 11.3 Å². The van der Waals surface area contributed by atoms with Gasteiger partial charge in [0.2, 0.25) is 0 Å². The first-order chi connectivity index (χ1) is 13.8. The normalized spacial score (nSPS) is 22.4. The van der Waals surface area contributed by atoms with Gasteiger partial charge in [-0.2, -0.15) is 0 Å². The summed E-state index contributed by atoms with van der Waals surface area (Å²) in [6.07, 6.45) is 0.831. The number of methoxy groups -OCH3 is 1. The average Bonchev–Trinajstić information content (AvgIpc) is 2.69. The van der Waals surface area contributed by atoms with E-state index in [0.29, 0.717) is 0 Å². The first-order valence-corrected chi connectivity index (χ1v) is 10.2. The maximum absolute atomic E-state index is 12.5. The molecule has 0 fully saturated rings. The van der Waals surface area contributed by atoms with Gasteiger partial charge in [-0.05, 0) is 55.8 Å². The summed E-state index contributed by atoms with van der Waals surface area (Å²) in [7, 11) is 5.79. The zero-order chi connectivity index (χ0) is 20.8. The quantitative estimate of drug-likeness (QED) is 0.659. The van der Waals surface area contributed by atoms with Crippen LogP contribution in [0, 0.1) is 11.3 Å². The molecule has 160 valence electrons. The van der Waals surface area contributed by atoms with Crippen molar-refractivity contribution in [2.75, 3.05) is 27.7 Å². The van der Waals surface area contributed by atoms with Gasteiger partial charge in [-0.25, -0.2) is 0 Å². The number of ether oxygens (including phenoxy) is 1. The Labute approximate surface area is 185 Å². The fourth-order valence-electron chi connectivity index (χ4n) is 4.89. The van der Waals surface area contributed by atoms with Crippen molar-refractivity contribution in [3.63, 3.8) is 0 Å². The molecule has 1 aliphatic rings. The fourth-order valence-corrected chi connectivity index (χ4v) is 4.89. The third-order valence-corrected chi connectivity index (χ3v) is 6.34. The van der Waals surface area contributed by atoms with E-state index in [2.05, 4.69) is 45.0 Å². The number of pyridine rings is 1. The molecule has 0 unspecified atom stereocenters. The van der Waals surface area contributed by atoms with Crippen LogP contribution in [0.3, 0.4) is 0 Å². The smallest absolute Gasteiger partial charge is 0.121 e. The van der Waals surface area contributed by atoms with Crippen LogP contribution in [-0.2, 0) is 12.0 Å². The average molecular weight is 427 g/mol. The summed E-state index contributed by atoms with van der Waals surface area (Å²) in [5, 5.41) is 13.5. The van der Waals surface area contributed by atoms with Gasteiger partial charge in [0.15, 0.2) is 0 Å². The topological polar surface area (TPSA) is 45.6 Å². The highest BCUT2D eigenvalue weighted by molar-refractivity contribution is 5.85. The highest BCUT2D eigenvalue weighted by atomic mass is 35.5. The number of para-hydroxylation sites is 1. The number of fused-ring (bicyclic) bond motifs is 2. The molecule has 0 saturated carbocycles. The predicted octanol–water partition coefficient (Wildman–Crippen LogP) is 4.66. The number of halogens is 1. The lowest BCUT2D eigenvalue weighted by atomic mass is 9.58. The molecule has 1 N–H and O–H groups in total. The van der Waals surface area contributed by atoms with E-state index in [0.717, 1.165) is 46.4 Å². The lowest BCUT2D eigenvalue weighted by molar-refractivity contribution is -0.0631. The first kappa shape index (κ1) is 22.5. The van der Waals surface area contributed by atoms with Crippen molar-refractivity contribution in [2.45, 2.75) is 25.9 Å². The van der Waals surface area contributed by atoms with Gasteiger partial charge in [-0.3, -0.25) is 4.98 Å². The van der Waals surface area contributed by atoms with E-state index < -0.39 is 5.60 Å². The van der Waals surface area contributed by atoms with E-state index >= 15 is 0 Å². The van der Waals surface area contributed by atoms with Crippen LogP contribution in [0.25, 0.3) is 10.9 Å². The summed E-state index contributed by atoms with van der Waals surface area (Å²) in [5.41, 5.74) is 2.43. The molecular weight excluding hydrogens is 396 g/mol. The molecule has 1 heterocycles. The van der Waals surface area contributed by atoms with Crippen LogP contribution in [0.5, 0.6) is 5.75 Å². The van der Waals surface area contributed by atoms with Crippen molar-refractivity contribution < 1.29 is 9.84 Å². The van der Waals surface area contributed by atoms with Crippen LogP contribution >= 0.6 is 12.4 Å². The summed E-state index contributed by atoms with van der Waals surface area (Å²) in [6, 6.07) is 18.1. The monoisotopic (exact) mass is 426 g/mol. The Hall–Kier alpha value is -2.14. The molecule has 0 spiro atoms. The molecule has 0 bridgehead atoms. The number of rotatable bonds is 4. The number of hydrogen-bond donors (Lipinski definition) is 1. The number of aliphatic hydroxyl groups is 1. The summed E-state index contributed by atoms with van der Waals surface area (Å²) in [5.74, 6) is 0.741. The first-order valence-electron chi connectivity index (χ1n) is 10.2. The van der Waals surface area contributed by atoms with E-state index in [1.807, 2.05) is 42.5 Å². The molecule has 5 heteroatoms. The number of benzene rings is 2. The molecule has 1 aliphatic carbocycles. The molecule has 0 amide bonds. The summed E-state index contributed by atoms with van der Waals surface area (Å²) >= 11 is 0. The Kier molecular flexibility index (Phi) is 6.15. The minimum absolute atomic E-state index is 0. The van der Waals surface area contributed by atoms with Crippen LogP contribution < -0.4 is 4.74 Å². The highest BCUT2D eigenvalue weighted by Gasteiger charge is 2.53. The molecule has 0 aliphatic heterocycles. The standard InChI is InChI=1S/C25H30N2O2.ClH/c1-24(2)15-22-20(13-17-9-6-7-12-21(17)26-22)25(28,23(24)16-27(3)4)18-10-8-11-19(14-18)29-5;/h6-14,23,28H,15-16H2,1-5H3;1H/t23-,25-;/m1./s1. The van der Waals surface area contributed by atoms with Crippen LogP contribution in [0.4, 0.5) is 0 Å². The second-order valence-corrected chi connectivity index (χ2v) is 9.15. The lowest BCUT2D eigenvalue weighted by Gasteiger charge is -2.51. The van der Waals surface area contributed by atoms with Crippen molar-refractivity contribution >= 4 is 23.3 Å². The van der Waals surface area contributed by atoms with E-state index in [4.69, 9.17) is 9.72 Å². The number of hydrogen-bond acceptors (Lipinski definition) is 4. The predicted molar refractivity (Wildman–Crippen MR) is 125 cm³/mol. The van der Waals surface area contributed by atoms with Crippen LogP contribution in [0.15, 0.2) is 54.6 Å². The van der Waals surface area contributed by atoms with Crippen LogP contribution in [0.2, 0.25) is 0 Å². The zero-order valence-electron chi connectivity index (χ0n) is 18.3. The van der Waals surface area contributed by atoms with Crippen LogP contribution in [0.1, 0.15) is 30.7 Å². The SMILES string of the molecule is COc1cccc([C@@]2(O)c3cc4ccccc4nc3CC(C)(C)[C@H]2CN(C)C)c1.Cl. The molecule has 30 heavy (non-hydrogen) atoms. The maximum Gasteiger partial charge on any atom is 0.121 e. The number of aromatic nitrogens is 1. The summed E-state index contributed by atoms with van der Waals surface area (Å²) in [6.45, 7) is 5.26. The molecule has 0 radical (unpaired) electrons. The van der Waals surface area contributed by atoms with Gasteiger partial charge < -0.3 is 14.7 Å². The molecular formula is C25H31ClN2O2. The maximum atomic E-state index is 12.5. The van der Waals surface area contributed by atoms with E-state index in [1.165, 1.54) is 0 Å². The van der Waals surface area contributed by atoms with Gasteiger partial charge in [-0.15, -0.1) is 12.4 Å². The Morgan fingerprint density at radius 2 is 1.83 bits per heavy atom. The molecule has 2 atom stereocenters. The second kappa shape index (κ2) is 8.18. The minimum atomic E-state index is -1.16. The molecule has 3 aromatic rings. The van der Waals surface area contributed by atoms with E-state index in [1.54, 1.807) is 7.11 Å². The van der Waals surface area contributed by atoms with Gasteiger partial charge in [0.05, 0.1) is 12.6 Å². The minimum Gasteiger partial charge on any atom is -0.497 e. The molecule has 2 aromatic carbocycles. The van der Waals surface area contributed by atoms with Crippen LogP contribution in [-0.4, -0.2) is 42.7 Å². The zero-order valence-corrected chi connectivity index (χ0v) is 19.2. The molecule has 4 nitrogen and oxygen atoms in total. The van der Waals surface area contributed by atoms with Crippen molar-refractivity contribution in [1.29, 1.82) is 0 Å². The fraction of sp³-hybridized carbons (Fsp3) is 0.400. The second-order valence-electron chi connectivity index (χ2n) is 9.15. The van der Waals surface area contributed by atoms with Gasteiger partial charge in [0.25, 0.3) is 0 Å². The van der Waals surface area contributed by atoms with Gasteiger partial charge in [-0.1, -0.05) is 44.2 Å². The van der Waals surface area contributed by atoms with Crippen molar-refractivity contribution in [3.8, 4) is 5.75 Å². The molecule has 1 aromatic heterocycles. The molecule has 4 rings (SSSR count).